The average Bonchev–Trinajstić information content (AvgIpc) is 2.98. The molecule has 6 nitrogen and oxygen atoms in total. The molecule has 202 valence electrons. The molecular formula is C31H24Cl2N2O4S. The fourth-order valence-corrected chi connectivity index (χ4v) is 4.81. The molecule has 9 heteroatoms. The van der Waals surface area contributed by atoms with Crippen LogP contribution >= 0.6 is 35.0 Å². The zero-order valence-corrected chi connectivity index (χ0v) is 23.6. The minimum Gasteiger partial charge on any atom is -0.496 e. The molecule has 2 N–H and O–H groups in total. The first-order valence-electron chi connectivity index (χ1n) is 12.1. The van der Waals surface area contributed by atoms with Crippen LogP contribution in [0.2, 0.25) is 10.0 Å². The zero-order chi connectivity index (χ0) is 28.5. The van der Waals surface area contributed by atoms with Crippen LogP contribution in [-0.2, 0) is 4.79 Å². The first kappa shape index (κ1) is 29.0. The molecule has 0 aromatic heterocycles. The van der Waals surface area contributed by atoms with E-state index in [4.69, 9.17) is 27.9 Å². The van der Waals surface area contributed by atoms with E-state index in [1.54, 1.807) is 91.0 Å². The third kappa shape index (κ3) is 7.54. The Morgan fingerprint density at radius 2 is 1.55 bits per heavy atom. The molecule has 0 radical (unpaired) electrons. The van der Waals surface area contributed by atoms with E-state index in [0.717, 1.165) is 4.90 Å². The lowest BCUT2D eigenvalue weighted by Gasteiger charge is -2.12. The molecule has 0 aliphatic carbocycles. The van der Waals surface area contributed by atoms with Gasteiger partial charge in [-0.1, -0.05) is 65.7 Å². The number of carbonyl (C=O) groups excluding carboxylic acids is 3. The Hall–Kier alpha value is -4.04. The van der Waals surface area contributed by atoms with Crippen LogP contribution in [0.3, 0.4) is 0 Å². The maximum atomic E-state index is 13.3. The van der Waals surface area contributed by atoms with Crippen LogP contribution in [0.4, 0.5) is 5.69 Å². The van der Waals surface area contributed by atoms with Crippen LogP contribution in [0.25, 0.3) is 6.08 Å². The van der Waals surface area contributed by atoms with Gasteiger partial charge in [-0.3, -0.25) is 14.4 Å². The Labute approximate surface area is 246 Å². The van der Waals surface area contributed by atoms with E-state index in [1.165, 1.54) is 24.9 Å². The summed E-state index contributed by atoms with van der Waals surface area (Å²) in [5.74, 6) is -0.291. The number of hydrogen-bond donors (Lipinski definition) is 2. The lowest BCUT2D eigenvalue weighted by molar-refractivity contribution is -0.113. The number of anilines is 1. The van der Waals surface area contributed by atoms with Gasteiger partial charge in [0.2, 0.25) is 0 Å². The number of thioether (sulfide) groups is 1. The molecule has 4 aromatic carbocycles. The minimum atomic E-state index is -0.549. The molecule has 0 aliphatic rings. The molecule has 0 unspecified atom stereocenters. The minimum absolute atomic E-state index is 0.0149. The number of carbonyl (C=O) groups is 3. The second-order valence-corrected chi connectivity index (χ2v) is 10.2. The van der Waals surface area contributed by atoms with Crippen molar-refractivity contribution in [1.29, 1.82) is 0 Å². The largest absolute Gasteiger partial charge is 0.496 e. The quantitative estimate of drug-likeness (QED) is 0.114. The van der Waals surface area contributed by atoms with Gasteiger partial charge in [0, 0.05) is 16.1 Å². The van der Waals surface area contributed by atoms with Crippen molar-refractivity contribution in [2.24, 2.45) is 0 Å². The molecule has 0 atom stereocenters. The molecule has 40 heavy (non-hydrogen) atoms. The van der Waals surface area contributed by atoms with Gasteiger partial charge in [-0.25, -0.2) is 0 Å². The van der Waals surface area contributed by atoms with Gasteiger partial charge >= 0.3 is 0 Å². The predicted molar refractivity (Wildman–Crippen MR) is 161 cm³/mol. The topological polar surface area (TPSA) is 84.5 Å². The number of rotatable bonds is 10. The Morgan fingerprint density at radius 1 is 0.850 bits per heavy atom. The van der Waals surface area contributed by atoms with E-state index < -0.39 is 11.8 Å². The van der Waals surface area contributed by atoms with E-state index in [-0.39, 0.29) is 22.3 Å². The number of ether oxygens (including phenoxy) is 1. The molecule has 2 amide bonds. The molecule has 0 bridgehead atoms. The molecule has 4 aromatic rings. The summed E-state index contributed by atoms with van der Waals surface area (Å²) < 4.78 is 5.27. The highest BCUT2D eigenvalue weighted by atomic mass is 35.5. The zero-order valence-electron chi connectivity index (χ0n) is 21.3. The number of benzene rings is 4. The smallest absolute Gasteiger partial charge is 0.272 e. The summed E-state index contributed by atoms with van der Waals surface area (Å²) in [4.78, 5) is 39.6. The molecule has 0 fully saturated rings. The lowest BCUT2D eigenvalue weighted by atomic mass is 10.1. The van der Waals surface area contributed by atoms with Crippen molar-refractivity contribution in [2.45, 2.75) is 4.90 Å². The fraction of sp³-hybridized carbons (Fsp3) is 0.0645. The van der Waals surface area contributed by atoms with Gasteiger partial charge in [-0.15, -0.1) is 11.8 Å². The Bertz CT molecular complexity index is 1560. The average molecular weight is 592 g/mol. The van der Waals surface area contributed by atoms with Crippen LogP contribution in [0.15, 0.2) is 108 Å². The maximum Gasteiger partial charge on any atom is 0.272 e. The highest BCUT2D eigenvalue weighted by Crippen LogP contribution is 2.28. The Morgan fingerprint density at radius 3 is 2.27 bits per heavy atom. The summed E-state index contributed by atoms with van der Waals surface area (Å²) in [5.41, 5.74) is 1.88. The van der Waals surface area contributed by atoms with Crippen molar-refractivity contribution in [3.8, 4) is 5.75 Å². The highest BCUT2D eigenvalue weighted by molar-refractivity contribution is 8.00. The van der Waals surface area contributed by atoms with Gasteiger partial charge in [0.1, 0.15) is 11.4 Å². The molecule has 0 aliphatic heterocycles. The molecular weight excluding hydrogens is 567 g/mol. The SMILES string of the molecule is COc1ccccc1C(=O)CSc1ccc(NC(=O)/C(=C/c2cccc(Cl)c2Cl)NC(=O)c2ccccc2)cc1. The van der Waals surface area contributed by atoms with Crippen LogP contribution in [0, 0.1) is 0 Å². The number of Topliss-reactive ketones (excluding diaryl/α,β-unsaturated/α-hetero) is 1. The van der Waals surface area contributed by atoms with E-state index in [1.807, 2.05) is 6.07 Å². The molecule has 0 heterocycles. The van der Waals surface area contributed by atoms with Gasteiger partial charge < -0.3 is 15.4 Å². The van der Waals surface area contributed by atoms with Gasteiger partial charge in [0.05, 0.1) is 28.5 Å². The summed E-state index contributed by atoms with van der Waals surface area (Å²) in [6, 6.07) is 27.7. The van der Waals surface area contributed by atoms with Gasteiger partial charge in [0.15, 0.2) is 5.78 Å². The van der Waals surface area contributed by atoms with Crippen molar-refractivity contribution < 1.29 is 19.1 Å². The fourth-order valence-electron chi connectivity index (χ4n) is 3.66. The predicted octanol–water partition coefficient (Wildman–Crippen LogP) is 7.39. The monoisotopic (exact) mass is 590 g/mol. The standard InChI is InChI=1S/C31H24Cl2N2O4S/c1-39-28-13-6-5-11-24(28)27(36)19-40-23-16-14-22(15-17-23)34-31(38)26(18-21-10-7-12-25(32)29(21)33)35-30(37)20-8-3-2-4-9-20/h2-18H,19H2,1H3,(H,34,38)(H,35,37)/b26-18-. The summed E-state index contributed by atoms with van der Waals surface area (Å²) in [6.45, 7) is 0. The van der Waals surface area contributed by atoms with Gasteiger partial charge in [-0.2, -0.15) is 0 Å². The van der Waals surface area contributed by atoms with E-state index in [2.05, 4.69) is 10.6 Å². The number of halogens is 2. The second kappa shape index (κ2) is 13.8. The normalized spacial score (nSPS) is 11.0. The van der Waals surface area contributed by atoms with Crippen molar-refractivity contribution >= 4 is 64.3 Å². The third-order valence-electron chi connectivity index (χ3n) is 5.70. The molecule has 0 saturated carbocycles. The number of hydrogen-bond acceptors (Lipinski definition) is 5. The summed E-state index contributed by atoms with van der Waals surface area (Å²) in [5, 5.41) is 6.05. The Kier molecular flexibility index (Phi) is 10.0. The second-order valence-electron chi connectivity index (χ2n) is 8.41. The Balaban J connectivity index is 1.47. The van der Waals surface area contributed by atoms with Crippen LogP contribution in [0.1, 0.15) is 26.3 Å². The van der Waals surface area contributed by atoms with Crippen LogP contribution in [0.5, 0.6) is 5.75 Å². The maximum absolute atomic E-state index is 13.3. The lowest BCUT2D eigenvalue weighted by Crippen LogP contribution is -2.30. The van der Waals surface area contributed by atoms with Crippen LogP contribution < -0.4 is 15.4 Å². The van der Waals surface area contributed by atoms with E-state index in [0.29, 0.717) is 33.1 Å². The number of amides is 2. The van der Waals surface area contributed by atoms with E-state index in [9.17, 15) is 14.4 Å². The summed E-state index contributed by atoms with van der Waals surface area (Å²) in [6.07, 6.45) is 1.47. The number of para-hydroxylation sites is 1. The van der Waals surface area contributed by atoms with Crippen molar-refractivity contribution in [1.82, 2.24) is 5.32 Å². The molecule has 4 rings (SSSR count). The third-order valence-corrected chi connectivity index (χ3v) is 7.55. The van der Waals surface area contributed by atoms with Gasteiger partial charge in [-0.05, 0) is 66.2 Å². The van der Waals surface area contributed by atoms with Crippen LogP contribution in [-0.4, -0.2) is 30.5 Å². The van der Waals surface area contributed by atoms with Gasteiger partial charge in [0.25, 0.3) is 11.8 Å². The summed E-state index contributed by atoms with van der Waals surface area (Å²) >= 11 is 13.8. The van der Waals surface area contributed by atoms with Crippen molar-refractivity contribution in [2.75, 3.05) is 18.2 Å². The van der Waals surface area contributed by atoms with Crippen molar-refractivity contribution in [3.05, 3.63) is 129 Å². The number of nitrogens with one attached hydrogen (secondary N) is 2. The first-order valence-corrected chi connectivity index (χ1v) is 13.8. The molecule has 0 saturated heterocycles. The summed E-state index contributed by atoms with van der Waals surface area (Å²) in [7, 11) is 1.53. The molecule has 0 spiro atoms. The first-order chi connectivity index (χ1) is 19.4. The van der Waals surface area contributed by atoms with Crippen molar-refractivity contribution in [3.63, 3.8) is 0 Å². The number of methoxy groups -OCH3 is 1. The number of ketones is 1. The van der Waals surface area contributed by atoms with E-state index >= 15 is 0 Å². The highest BCUT2D eigenvalue weighted by Gasteiger charge is 2.17.